The third-order valence-electron chi connectivity index (χ3n) is 4.47. The van der Waals surface area contributed by atoms with Crippen molar-refractivity contribution in [2.45, 2.75) is 6.92 Å². The molecule has 3 aromatic rings. The van der Waals surface area contributed by atoms with E-state index in [1.807, 2.05) is 30.0 Å². The zero-order chi connectivity index (χ0) is 17.4. The van der Waals surface area contributed by atoms with Crippen molar-refractivity contribution < 1.29 is 9.18 Å². The monoisotopic (exact) mass is 356 g/mol. The molecule has 3 heterocycles. The number of carbonyl (C=O) groups excluding carboxylic acids is 1. The molecule has 0 spiro atoms. The maximum absolute atomic E-state index is 13.3. The number of amides is 1. The first-order valence-corrected chi connectivity index (χ1v) is 8.91. The number of piperazine rings is 1. The number of pyridine rings is 1. The number of aromatic nitrogens is 2. The summed E-state index contributed by atoms with van der Waals surface area (Å²) in [7, 11) is 0. The average molecular weight is 356 g/mol. The minimum absolute atomic E-state index is 0.0302. The first-order chi connectivity index (χ1) is 12.1. The largest absolute Gasteiger partial charge is 0.368 e. The minimum atomic E-state index is -0.486. The highest BCUT2D eigenvalue weighted by Gasteiger charge is 2.25. The molecule has 1 saturated heterocycles. The smallest absolute Gasteiger partial charge is 0.274 e. The molecule has 1 aromatic carbocycles. The number of hydrogen-bond acceptors (Lipinski definition) is 5. The van der Waals surface area contributed by atoms with Gasteiger partial charge in [0.2, 0.25) is 5.95 Å². The van der Waals surface area contributed by atoms with Gasteiger partial charge in [0, 0.05) is 49.5 Å². The summed E-state index contributed by atoms with van der Waals surface area (Å²) in [6, 6.07) is 9.27. The van der Waals surface area contributed by atoms with Gasteiger partial charge in [0.1, 0.15) is 5.69 Å². The quantitative estimate of drug-likeness (QED) is 0.662. The van der Waals surface area contributed by atoms with Crippen LogP contribution in [0.25, 0.3) is 10.1 Å². The minimum Gasteiger partial charge on any atom is -0.368 e. The Hall–Kier alpha value is -2.54. The summed E-state index contributed by atoms with van der Waals surface area (Å²) in [5, 5.41) is 0.925. The van der Waals surface area contributed by atoms with Crippen LogP contribution in [0.5, 0.6) is 0 Å². The van der Waals surface area contributed by atoms with Crippen LogP contribution < -0.4 is 4.90 Å². The van der Waals surface area contributed by atoms with Crippen LogP contribution in [-0.2, 0) is 0 Å². The lowest BCUT2D eigenvalue weighted by Crippen LogP contribution is -2.49. The summed E-state index contributed by atoms with van der Waals surface area (Å²) < 4.78 is 18.7. The van der Waals surface area contributed by atoms with Gasteiger partial charge in [0.15, 0.2) is 0 Å². The van der Waals surface area contributed by atoms with Gasteiger partial charge in [-0.3, -0.25) is 4.79 Å². The van der Waals surface area contributed by atoms with E-state index in [9.17, 15) is 9.18 Å². The second-order valence-electron chi connectivity index (χ2n) is 6.15. The van der Waals surface area contributed by atoms with Crippen LogP contribution >= 0.6 is 11.5 Å². The number of benzene rings is 1. The highest BCUT2D eigenvalue weighted by Crippen LogP contribution is 2.25. The summed E-state index contributed by atoms with van der Waals surface area (Å²) >= 11 is 1.36. The molecule has 1 aliphatic rings. The number of fused-ring (bicyclic) bond motifs is 1. The first-order valence-electron chi connectivity index (χ1n) is 8.13. The first kappa shape index (κ1) is 16.0. The van der Waals surface area contributed by atoms with Crippen molar-refractivity contribution in [1.29, 1.82) is 0 Å². The number of rotatable bonds is 2. The SMILES string of the molecule is Cc1ccc2snc(C(=O)N3CCN(c4ccnc(F)c4)CC3)c2c1. The van der Waals surface area contributed by atoms with E-state index in [2.05, 4.69) is 14.3 Å². The molecule has 25 heavy (non-hydrogen) atoms. The van der Waals surface area contributed by atoms with Crippen LogP contribution in [0.2, 0.25) is 0 Å². The van der Waals surface area contributed by atoms with Crippen LogP contribution in [0.4, 0.5) is 10.1 Å². The van der Waals surface area contributed by atoms with Gasteiger partial charge in [0.05, 0.1) is 4.70 Å². The normalized spacial score (nSPS) is 15.0. The van der Waals surface area contributed by atoms with E-state index in [4.69, 9.17) is 0 Å². The summed E-state index contributed by atoms with van der Waals surface area (Å²) in [6.45, 7) is 4.52. The summed E-state index contributed by atoms with van der Waals surface area (Å²) in [5.41, 5.74) is 2.45. The second-order valence-corrected chi connectivity index (χ2v) is 6.95. The van der Waals surface area contributed by atoms with Gasteiger partial charge in [-0.25, -0.2) is 4.98 Å². The molecule has 1 fully saturated rings. The molecule has 1 amide bonds. The molecular weight excluding hydrogens is 339 g/mol. The Morgan fingerprint density at radius 1 is 1.16 bits per heavy atom. The third-order valence-corrected chi connectivity index (χ3v) is 5.30. The number of halogens is 1. The molecule has 5 nitrogen and oxygen atoms in total. The average Bonchev–Trinajstić information content (AvgIpc) is 3.04. The standard InChI is InChI=1S/C18H17FN4OS/c1-12-2-3-15-14(10-12)17(21-25-15)18(24)23-8-6-22(7-9-23)13-4-5-20-16(19)11-13/h2-5,10-11H,6-9H2,1H3. The van der Waals surface area contributed by atoms with Crippen molar-refractivity contribution in [1.82, 2.24) is 14.3 Å². The third kappa shape index (κ3) is 3.07. The fourth-order valence-corrected chi connectivity index (χ4v) is 3.86. The predicted octanol–water partition coefficient (Wildman–Crippen LogP) is 3.10. The van der Waals surface area contributed by atoms with Gasteiger partial charge >= 0.3 is 0 Å². The Morgan fingerprint density at radius 2 is 1.96 bits per heavy atom. The molecule has 128 valence electrons. The van der Waals surface area contributed by atoms with Crippen molar-refractivity contribution in [3.05, 3.63) is 53.7 Å². The van der Waals surface area contributed by atoms with Crippen LogP contribution in [0.1, 0.15) is 16.1 Å². The van der Waals surface area contributed by atoms with Crippen LogP contribution in [-0.4, -0.2) is 46.3 Å². The van der Waals surface area contributed by atoms with Gasteiger partial charge in [-0.1, -0.05) is 11.6 Å². The maximum Gasteiger partial charge on any atom is 0.274 e. The Bertz CT molecular complexity index is 934. The molecule has 2 aromatic heterocycles. The zero-order valence-corrected chi connectivity index (χ0v) is 14.6. The Kier molecular flexibility index (Phi) is 4.09. The van der Waals surface area contributed by atoms with Gasteiger partial charge in [-0.05, 0) is 36.7 Å². The topological polar surface area (TPSA) is 49.3 Å². The van der Waals surface area contributed by atoms with E-state index in [1.165, 1.54) is 23.8 Å². The summed E-state index contributed by atoms with van der Waals surface area (Å²) in [6.07, 6.45) is 1.46. The van der Waals surface area contributed by atoms with Crippen molar-refractivity contribution in [3.8, 4) is 0 Å². The van der Waals surface area contributed by atoms with Gasteiger partial charge < -0.3 is 9.80 Å². The molecule has 7 heteroatoms. The fraction of sp³-hybridized carbons (Fsp3) is 0.278. The summed E-state index contributed by atoms with van der Waals surface area (Å²) in [5.74, 6) is -0.516. The van der Waals surface area contributed by atoms with Gasteiger partial charge in [0.25, 0.3) is 5.91 Å². The molecule has 1 aliphatic heterocycles. The van der Waals surface area contributed by atoms with Gasteiger partial charge in [-0.2, -0.15) is 8.76 Å². The predicted molar refractivity (Wildman–Crippen MR) is 96.7 cm³/mol. The molecular formula is C18H17FN4OS. The fourth-order valence-electron chi connectivity index (χ4n) is 3.11. The number of nitrogens with zero attached hydrogens (tertiary/aromatic N) is 4. The highest BCUT2D eigenvalue weighted by molar-refractivity contribution is 7.13. The highest BCUT2D eigenvalue weighted by atomic mass is 32.1. The molecule has 0 unspecified atom stereocenters. The lowest BCUT2D eigenvalue weighted by atomic mass is 10.1. The number of hydrogen-bond donors (Lipinski definition) is 0. The van der Waals surface area contributed by atoms with Crippen molar-refractivity contribution in [3.63, 3.8) is 0 Å². The molecule has 0 N–H and O–H groups in total. The van der Waals surface area contributed by atoms with Crippen molar-refractivity contribution >= 4 is 33.2 Å². The van der Waals surface area contributed by atoms with Crippen LogP contribution in [0.15, 0.2) is 36.5 Å². The van der Waals surface area contributed by atoms with Gasteiger partial charge in [-0.15, -0.1) is 0 Å². The molecule has 0 aliphatic carbocycles. The van der Waals surface area contributed by atoms with E-state index in [-0.39, 0.29) is 5.91 Å². The second kappa shape index (κ2) is 6.40. The lowest BCUT2D eigenvalue weighted by Gasteiger charge is -2.35. The van der Waals surface area contributed by atoms with E-state index in [1.54, 1.807) is 6.07 Å². The van der Waals surface area contributed by atoms with Crippen molar-refractivity contribution in [2.75, 3.05) is 31.1 Å². The summed E-state index contributed by atoms with van der Waals surface area (Å²) in [4.78, 5) is 20.3. The molecule has 4 rings (SSSR count). The van der Waals surface area contributed by atoms with Crippen molar-refractivity contribution in [2.24, 2.45) is 0 Å². The Morgan fingerprint density at radius 3 is 2.72 bits per heavy atom. The Labute approximate surface area is 148 Å². The van der Waals surface area contributed by atoms with Crippen LogP contribution in [0.3, 0.4) is 0 Å². The number of aryl methyl sites for hydroxylation is 1. The van der Waals surface area contributed by atoms with E-state index in [0.717, 1.165) is 21.3 Å². The number of carbonyl (C=O) groups is 1. The molecule has 0 radical (unpaired) electrons. The van der Waals surface area contributed by atoms with E-state index < -0.39 is 5.95 Å². The van der Waals surface area contributed by atoms with E-state index >= 15 is 0 Å². The maximum atomic E-state index is 13.3. The zero-order valence-electron chi connectivity index (χ0n) is 13.8. The lowest BCUT2D eigenvalue weighted by molar-refractivity contribution is 0.0744. The molecule has 0 saturated carbocycles. The number of anilines is 1. The van der Waals surface area contributed by atoms with E-state index in [0.29, 0.717) is 31.9 Å². The van der Waals surface area contributed by atoms with Crippen LogP contribution in [0, 0.1) is 12.9 Å². The molecule has 0 atom stereocenters. The Balaban J connectivity index is 1.50. The molecule has 0 bridgehead atoms.